The van der Waals surface area contributed by atoms with Crippen LogP contribution in [-0.2, 0) is 4.79 Å². The van der Waals surface area contributed by atoms with Crippen molar-refractivity contribution >= 4 is 23.4 Å². The molecule has 1 aromatic carbocycles. The van der Waals surface area contributed by atoms with E-state index >= 15 is 0 Å². The molecule has 0 radical (unpaired) electrons. The Morgan fingerprint density at radius 3 is 2.78 bits per heavy atom. The Labute approximate surface area is 137 Å². The van der Waals surface area contributed by atoms with E-state index in [1.807, 2.05) is 6.92 Å². The molecule has 2 rings (SSSR count). The number of H-pyrrole nitrogens is 1. The molecule has 122 valence electrons. The molecule has 0 fully saturated rings. The van der Waals surface area contributed by atoms with E-state index in [1.54, 1.807) is 24.3 Å². The smallest absolute Gasteiger partial charge is 0.255 e. The predicted molar refractivity (Wildman–Crippen MR) is 88.1 cm³/mol. The van der Waals surface area contributed by atoms with Gasteiger partial charge < -0.3 is 20.1 Å². The largest absolute Gasteiger partial charge is 0.494 e. The molecule has 0 bridgehead atoms. The zero-order valence-electron chi connectivity index (χ0n) is 12.5. The van der Waals surface area contributed by atoms with E-state index in [-0.39, 0.29) is 23.4 Å². The van der Waals surface area contributed by atoms with Crippen LogP contribution in [0.3, 0.4) is 0 Å². The second-order valence-corrected chi connectivity index (χ2v) is 5.60. The van der Waals surface area contributed by atoms with Crippen LogP contribution in [0.1, 0.15) is 13.3 Å². The first-order valence-corrected chi connectivity index (χ1v) is 8.01. The Bertz CT molecular complexity index is 715. The van der Waals surface area contributed by atoms with E-state index in [1.165, 1.54) is 11.8 Å². The maximum Gasteiger partial charge on any atom is 0.255 e. The van der Waals surface area contributed by atoms with Gasteiger partial charge in [0.05, 0.1) is 12.7 Å². The van der Waals surface area contributed by atoms with Crippen molar-refractivity contribution in [3.63, 3.8) is 0 Å². The standard InChI is InChI=1S/C15H17N3O4S/c1-2-22-11-5-3-10(4-6-11)16-12(19)7-8-23-15-17-13(20)9-14(21)18-15/h3-6,9H,2,7-8H2,1H3,(H,16,19)(H2,17,18,20,21). The normalized spacial score (nSPS) is 10.3. The number of anilines is 1. The summed E-state index contributed by atoms with van der Waals surface area (Å²) in [5.41, 5.74) is 0.256. The summed E-state index contributed by atoms with van der Waals surface area (Å²) in [6.45, 7) is 2.50. The monoisotopic (exact) mass is 335 g/mol. The first-order valence-electron chi connectivity index (χ1n) is 7.02. The number of carbonyl (C=O) groups excluding carboxylic acids is 1. The van der Waals surface area contributed by atoms with E-state index in [4.69, 9.17) is 4.74 Å². The van der Waals surface area contributed by atoms with Crippen molar-refractivity contribution in [1.29, 1.82) is 0 Å². The van der Waals surface area contributed by atoms with Crippen LogP contribution in [0.2, 0.25) is 0 Å². The van der Waals surface area contributed by atoms with Crippen LogP contribution in [0, 0.1) is 0 Å². The van der Waals surface area contributed by atoms with Crippen LogP contribution in [0.15, 0.2) is 40.3 Å². The number of ether oxygens (including phenoxy) is 1. The van der Waals surface area contributed by atoms with E-state index in [9.17, 15) is 14.7 Å². The fourth-order valence-electron chi connectivity index (χ4n) is 1.76. The second kappa shape index (κ2) is 8.23. The Balaban J connectivity index is 1.79. The molecule has 0 spiro atoms. The zero-order chi connectivity index (χ0) is 16.7. The fourth-order valence-corrected chi connectivity index (χ4v) is 2.57. The molecule has 0 atom stereocenters. The molecule has 7 nitrogen and oxygen atoms in total. The summed E-state index contributed by atoms with van der Waals surface area (Å²) in [6, 6.07) is 8.10. The first kappa shape index (κ1) is 16.9. The number of amides is 1. The molecule has 8 heteroatoms. The van der Waals surface area contributed by atoms with Crippen LogP contribution < -0.4 is 15.6 Å². The summed E-state index contributed by atoms with van der Waals surface area (Å²) in [6.07, 6.45) is 0.247. The van der Waals surface area contributed by atoms with Gasteiger partial charge in [-0.1, -0.05) is 11.8 Å². The Hall–Kier alpha value is -2.48. The number of thioether (sulfide) groups is 1. The lowest BCUT2D eigenvalue weighted by Crippen LogP contribution is -2.12. The average Bonchev–Trinajstić information content (AvgIpc) is 2.48. The molecule has 1 aromatic heterocycles. The molecule has 0 unspecified atom stereocenters. The number of hydrogen-bond acceptors (Lipinski definition) is 6. The van der Waals surface area contributed by atoms with Gasteiger partial charge in [0.25, 0.3) is 5.56 Å². The van der Waals surface area contributed by atoms with Gasteiger partial charge in [-0.2, -0.15) is 4.98 Å². The maximum atomic E-state index is 11.8. The molecule has 0 aliphatic rings. The summed E-state index contributed by atoms with van der Waals surface area (Å²) >= 11 is 1.19. The van der Waals surface area contributed by atoms with E-state index < -0.39 is 5.56 Å². The summed E-state index contributed by atoms with van der Waals surface area (Å²) in [4.78, 5) is 29.3. The lowest BCUT2D eigenvalue weighted by Gasteiger charge is -2.07. The Morgan fingerprint density at radius 1 is 1.39 bits per heavy atom. The van der Waals surface area contributed by atoms with Gasteiger partial charge in [0.15, 0.2) is 5.16 Å². The van der Waals surface area contributed by atoms with Gasteiger partial charge in [-0.15, -0.1) is 0 Å². The van der Waals surface area contributed by atoms with Crippen LogP contribution in [-0.4, -0.2) is 33.3 Å². The highest BCUT2D eigenvalue weighted by Gasteiger charge is 2.05. The van der Waals surface area contributed by atoms with Gasteiger partial charge in [0.1, 0.15) is 5.75 Å². The predicted octanol–water partition coefficient (Wildman–Crippen LogP) is 2.00. The molecule has 1 heterocycles. The molecule has 0 saturated carbocycles. The molecule has 2 aromatic rings. The molecule has 3 N–H and O–H groups in total. The zero-order valence-corrected chi connectivity index (χ0v) is 13.4. The number of rotatable bonds is 7. The summed E-state index contributed by atoms with van der Waals surface area (Å²) in [5, 5.41) is 12.3. The topological polar surface area (TPSA) is 104 Å². The highest BCUT2D eigenvalue weighted by atomic mass is 32.2. The van der Waals surface area contributed by atoms with Crippen molar-refractivity contribution < 1.29 is 14.6 Å². The van der Waals surface area contributed by atoms with Crippen LogP contribution in [0.5, 0.6) is 11.6 Å². The minimum absolute atomic E-state index is 0.149. The Morgan fingerprint density at radius 2 is 2.13 bits per heavy atom. The number of aromatic hydroxyl groups is 1. The Kier molecular flexibility index (Phi) is 6.04. The summed E-state index contributed by atoms with van der Waals surface area (Å²) < 4.78 is 5.33. The van der Waals surface area contributed by atoms with Gasteiger partial charge in [-0.05, 0) is 31.2 Å². The van der Waals surface area contributed by atoms with E-state index in [0.717, 1.165) is 11.8 Å². The highest BCUT2D eigenvalue weighted by molar-refractivity contribution is 7.99. The number of nitrogens with zero attached hydrogens (tertiary/aromatic N) is 1. The van der Waals surface area contributed by atoms with Gasteiger partial charge in [0, 0.05) is 17.9 Å². The molecule has 23 heavy (non-hydrogen) atoms. The summed E-state index contributed by atoms with van der Waals surface area (Å²) in [7, 11) is 0. The van der Waals surface area contributed by atoms with Crippen LogP contribution >= 0.6 is 11.8 Å². The van der Waals surface area contributed by atoms with Crippen molar-refractivity contribution in [1.82, 2.24) is 9.97 Å². The minimum atomic E-state index is -0.432. The highest BCUT2D eigenvalue weighted by Crippen LogP contribution is 2.17. The third-order valence-electron chi connectivity index (χ3n) is 2.72. The quantitative estimate of drug-likeness (QED) is 0.528. The van der Waals surface area contributed by atoms with Crippen molar-refractivity contribution in [3.8, 4) is 11.6 Å². The minimum Gasteiger partial charge on any atom is -0.494 e. The van der Waals surface area contributed by atoms with Crippen molar-refractivity contribution in [2.75, 3.05) is 17.7 Å². The fraction of sp³-hybridized carbons (Fsp3) is 0.267. The first-order chi connectivity index (χ1) is 11.1. The van der Waals surface area contributed by atoms with Gasteiger partial charge in [0.2, 0.25) is 11.8 Å². The van der Waals surface area contributed by atoms with Crippen molar-refractivity contribution in [2.24, 2.45) is 0 Å². The van der Waals surface area contributed by atoms with Crippen LogP contribution in [0.4, 0.5) is 5.69 Å². The number of hydrogen-bond donors (Lipinski definition) is 3. The lowest BCUT2D eigenvalue weighted by atomic mass is 10.3. The second-order valence-electron chi connectivity index (χ2n) is 4.51. The third-order valence-corrected chi connectivity index (χ3v) is 3.60. The third kappa shape index (κ3) is 5.67. The average molecular weight is 335 g/mol. The molecule has 0 aliphatic heterocycles. The van der Waals surface area contributed by atoms with Crippen LogP contribution in [0.25, 0.3) is 0 Å². The number of aromatic amines is 1. The number of aromatic nitrogens is 2. The van der Waals surface area contributed by atoms with Gasteiger partial charge in [-0.3, -0.25) is 9.59 Å². The molecular weight excluding hydrogens is 318 g/mol. The number of nitrogens with one attached hydrogen (secondary N) is 2. The number of benzene rings is 1. The molecule has 0 aliphatic carbocycles. The molecule has 0 saturated heterocycles. The summed E-state index contributed by atoms with van der Waals surface area (Å²) in [5.74, 6) is 0.689. The maximum absolute atomic E-state index is 11.8. The van der Waals surface area contributed by atoms with E-state index in [2.05, 4.69) is 15.3 Å². The van der Waals surface area contributed by atoms with Crippen molar-refractivity contribution in [2.45, 2.75) is 18.5 Å². The molecular formula is C15H17N3O4S. The van der Waals surface area contributed by atoms with Gasteiger partial charge >= 0.3 is 0 Å². The van der Waals surface area contributed by atoms with Gasteiger partial charge in [-0.25, -0.2) is 0 Å². The molecule has 1 amide bonds. The SMILES string of the molecule is CCOc1ccc(NC(=O)CCSc2nc(O)cc(=O)[nH]2)cc1. The lowest BCUT2D eigenvalue weighted by molar-refractivity contribution is -0.115. The number of carbonyl (C=O) groups is 1. The van der Waals surface area contributed by atoms with Crippen molar-refractivity contribution in [3.05, 3.63) is 40.7 Å². The van der Waals surface area contributed by atoms with E-state index in [0.29, 0.717) is 18.0 Å².